The van der Waals surface area contributed by atoms with E-state index in [0.29, 0.717) is 0 Å². The van der Waals surface area contributed by atoms with Gasteiger partial charge in [0.2, 0.25) is 0 Å². The van der Waals surface area contributed by atoms with E-state index in [9.17, 15) is 0 Å². The van der Waals surface area contributed by atoms with E-state index >= 15 is 0 Å². The van der Waals surface area contributed by atoms with Crippen molar-refractivity contribution < 1.29 is 37.2 Å². The van der Waals surface area contributed by atoms with Crippen LogP contribution in [0.15, 0.2) is 0 Å². The van der Waals surface area contributed by atoms with Gasteiger partial charge in [-0.25, -0.2) is 0 Å². The van der Waals surface area contributed by atoms with E-state index in [1.807, 2.05) is 0 Å². The van der Waals surface area contributed by atoms with E-state index in [1.54, 1.807) is 0 Å². The third-order valence-electron chi connectivity index (χ3n) is 0.530. The smallest absolute Gasteiger partial charge is 1.00 e. The molecule has 0 atom stereocenters. The fraction of sp³-hybridized carbons (Fsp3) is 1.00. The second-order valence-corrected chi connectivity index (χ2v) is 2.15. The van der Waals surface area contributed by atoms with Crippen molar-refractivity contribution in [3.8, 4) is 0 Å². The summed E-state index contributed by atoms with van der Waals surface area (Å²) in [6.07, 6.45) is 2.73. The Bertz CT molecular complexity index is 18.8. The van der Waals surface area contributed by atoms with Gasteiger partial charge in [-0.05, 0) is 0 Å². The summed E-state index contributed by atoms with van der Waals surface area (Å²) in [5, 5.41) is 1.34. The molecular weight excluding hydrogens is 227 g/mol. The SMILES string of the molecule is CCC[CH2][Ge+3].[Cl-].[Cl-].[Cl-]. The topological polar surface area (TPSA) is 0 Å². The molecule has 0 fully saturated rings. The fourth-order valence-corrected chi connectivity index (χ4v) is 0.919. The molecule has 0 aromatic heterocycles. The average Bonchev–Trinajstić information content (AvgIpc) is 1.41. The number of hydrogen-bond donors (Lipinski definition) is 0. The predicted molar refractivity (Wildman–Crippen MR) is 25.5 cm³/mol. The van der Waals surface area contributed by atoms with Gasteiger partial charge >= 0.3 is 41.5 Å². The molecule has 0 aliphatic heterocycles. The zero-order valence-electron chi connectivity index (χ0n) is 4.76. The number of unbranched alkanes of at least 4 members (excludes halogenated alkanes) is 1. The molecule has 0 aromatic rings. The molecule has 4 heteroatoms. The molecule has 0 N–H and O–H groups in total. The van der Waals surface area contributed by atoms with Gasteiger partial charge in [0.15, 0.2) is 0 Å². The second-order valence-electron chi connectivity index (χ2n) is 1.10. The summed E-state index contributed by atoms with van der Waals surface area (Å²) in [6, 6.07) is 0. The maximum atomic E-state index is 2.21. The van der Waals surface area contributed by atoms with Gasteiger partial charge in [0.05, 0.1) is 0 Å². The van der Waals surface area contributed by atoms with Gasteiger partial charge in [0, 0.05) is 0 Å². The van der Waals surface area contributed by atoms with E-state index < -0.39 is 0 Å². The third kappa shape index (κ3) is 26.2. The first-order valence-electron chi connectivity index (χ1n) is 2.06. The zero-order valence-corrected chi connectivity index (χ0v) is 9.12. The molecule has 0 radical (unpaired) electrons. The predicted octanol–water partition coefficient (Wildman–Crippen LogP) is -7.61. The summed E-state index contributed by atoms with van der Waals surface area (Å²) < 4.78 is 0. The average molecular weight is 236 g/mol. The van der Waals surface area contributed by atoms with Crippen LogP contribution in [0.1, 0.15) is 19.8 Å². The van der Waals surface area contributed by atoms with Gasteiger partial charge < -0.3 is 37.2 Å². The molecule has 0 amide bonds. The standard InChI is InChI=1S/C4H9Ge.3ClH/c1-2-3-4-5;;;/h2-4H2,1H3;3*1H/q+3;;;/p-3. The van der Waals surface area contributed by atoms with Crippen molar-refractivity contribution in [3.05, 3.63) is 0 Å². The Morgan fingerprint density at radius 3 is 1.50 bits per heavy atom. The van der Waals surface area contributed by atoms with E-state index in [4.69, 9.17) is 0 Å². The molecular formula is C4H9Cl3Ge. The number of rotatable bonds is 2. The van der Waals surface area contributed by atoms with Crippen LogP contribution in [0.3, 0.4) is 0 Å². The summed E-state index contributed by atoms with van der Waals surface area (Å²) in [7, 11) is 0. The molecule has 0 spiro atoms. The molecule has 0 aromatic carbocycles. The van der Waals surface area contributed by atoms with Crippen molar-refractivity contribution in [3.63, 3.8) is 0 Å². The summed E-state index contributed by atoms with van der Waals surface area (Å²) in [4.78, 5) is 0. The Labute approximate surface area is 78.6 Å². The van der Waals surface area contributed by atoms with Crippen LogP contribution in [0, 0.1) is 0 Å². The minimum Gasteiger partial charge on any atom is -1.00 e. The summed E-state index contributed by atoms with van der Waals surface area (Å²) in [6.45, 7) is 2.21. The van der Waals surface area contributed by atoms with Gasteiger partial charge in [-0.3, -0.25) is 0 Å². The monoisotopic (exact) mass is 236 g/mol. The van der Waals surface area contributed by atoms with Gasteiger partial charge in [0.1, 0.15) is 0 Å². The van der Waals surface area contributed by atoms with Crippen molar-refractivity contribution in [2.24, 2.45) is 0 Å². The Morgan fingerprint density at radius 1 is 1.12 bits per heavy atom. The molecule has 0 bridgehead atoms. The quantitative estimate of drug-likeness (QED) is 0.418. The molecule has 0 unspecified atom stereocenters. The first kappa shape index (κ1) is 22.7. The molecule has 8 heavy (non-hydrogen) atoms. The number of halogens is 3. The Hall–Kier alpha value is 1.41. The Kier molecular flexibility index (Phi) is 67.5. The van der Waals surface area contributed by atoms with Crippen LogP contribution in [-0.2, 0) is 0 Å². The van der Waals surface area contributed by atoms with Crippen molar-refractivity contribution in [1.29, 1.82) is 0 Å². The van der Waals surface area contributed by atoms with Gasteiger partial charge in [0.25, 0.3) is 0 Å². The molecule has 50 valence electrons. The molecule has 0 nitrogen and oxygen atoms in total. The van der Waals surface area contributed by atoms with Crippen LogP contribution in [-0.4, -0.2) is 16.5 Å². The van der Waals surface area contributed by atoms with Crippen molar-refractivity contribution in [2.45, 2.75) is 25.0 Å². The van der Waals surface area contributed by atoms with Crippen LogP contribution in [0.25, 0.3) is 0 Å². The Morgan fingerprint density at radius 2 is 1.50 bits per heavy atom. The van der Waals surface area contributed by atoms with E-state index in [2.05, 4.69) is 23.4 Å². The molecule has 0 saturated carbocycles. The maximum absolute atomic E-state index is 2.21. The molecule has 0 rings (SSSR count). The van der Waals surface area contributed by atoms with Crippen molar-refractivity contribution >= 4 is 16.5 Å². The second kappa shape index (κ2) is 23.7. The summed E-state index contributed by atoms with van der Waals surface area (Å²) in [5.74, 6) is 0. The van der Waals surface area contributed by atoms with Crippen molar-refractivity contribution in [1.82, 2.24) is 0 Å². The minimum absolute atomic E-state index is 0. The zero-order chi connectivity index (χ0) is 4.12. The normalized spacial score (nSPS) is 5.38. The van der Waals surface area contributed by atoms with Gasteiger partial charge in [-0.1, -0.05) is 0 Å². The van der Waals surface area contributed by atoms with E-state index in [0.717, 1.165) is 0 Å². The van der Waals surface area contributed by atoms with Gasteiger partial charge in [-0.2, -0.15) is 0 Å². The van der Waals surface area contributed by atoms with Crippen molar-refractivity contribution in [2.75, 3.05) is 0 Å². The minimum atomic E-state index is 0. The molecule has 0 saturated heterocycles. The summed E-state index contributed by atoms with van der Waals surface area (Å²) >= 11 is 2.21. The third-order valence-corrected chi connectivity index (χ3v) is 1.27. The maximum Gasteiger partial charge on any atom is -1.00 e. The van der Waals surface area contributed by atoms with E-state index in [1.165, 1.54) is 18.1 Å². The molecule has 0 aliphatic rings. The summed E-state index contributed by atoms with van der Waals surface area (Å²) in [5.41, 5.74) is 0. The first-order chi connectivity index (χ1) is 2.41. The van der Waals surface area contributed by atoms with Crippen LogP contribution in [0.4, 0.5) is 0 Å². The Balaban J connectivity index is -0.0000000267. The van der Waals surface area contributed by atoms with Crippen LogP contribution >= 0.6 is 0 Å². The number of hydrogen-bond acceptors (Lipinski definition) is 0. The fourth-order valence-electron chi connectivity index (χ4n) is 0.177. The largest absolute Gasteiger partial charge is 1.00 e. The van der Waals surface area contributed by atoms with Gasteiger partial charge in [-0.15, -0.1) is 0 Å². The molecule has 0 heterocycles. The van der Waals surface area contributed by atoms with Crippen LogP contribution < -0.4 is 37.2 Å². The first-order valence-corrected chi connectivity index (χ1v) is 3.54. The van der Waals surface area contributed by atoms with Crippen LogP contribution in [0.5, 0.6) is 0 Å². The van der Waals surface area contributed by atoms with E-state index in [-0.39, 0.29) is 37.2 Å². The van der Waals surface area contributed by atoms with Crippen LogP contribution in [0.2, 0.25) is 5.25 Å². The molecule has 0 aliphatic carbocycles.